The molecule has 0 fully saturated rings. The van der Waals surface area contributed by atoms with Gasteiger partial charge in [-0.1, -0.05) is 37.2 Å². The Balaban J connectivity index is 1.71. The van der Waals surface area contributed by atoms with Gasteiger partial charge in [0.05, 0.1) is 11.1 Å². The van der Waals surface area contributed by atoms with Gasteiger partial charge in [-0.25, -0.2) is 4.39 Å². The molecule has 158 valence electrons. The third-order valence-electron chi connectivity index (χ3n) is 4.97. The summed E-state index contributed by atoms with van der Waals surface area (Å²) in [5, 5.41) is 7.42. The van der Waals surface area contributed by atoms with E-state index in [4.69, 9.17) is 4.52 Å². The molecular weight excluding hydrogens is 399 g/mol. The number of amides is 1. The zero-order valence-corrected chi connectivity index (χ0v) is 17.3. The van der Waals surface area contributed by atoms with Gasteiger partial charge in [0, 0.05) is 23.1 Å². The number of hydrogen-bond acceptors (Lipinski definition) is 5. The van der Waals surface area contributed by atoms with Gasteiger partial charge in [0.2, 0.25) is 5.91 Å². The minimum Gasteiger partial charge on any atom is -0.334 e. The van der Waals surface area contributed by atoms with E-state index in [9.17, 15) is 14.0 Å². The van der Waals surface area contributed by atoms with E-state index in [2.05, 4.69) is 15.5 Å². The number of hydrogen-bond donors (Lipinski definition) is 1. The highest BCUT2D eigenvalue weighted by atomic mass is 19.1. The van der Waals surface area contributed by atoms with Crippen molar-refractivity contribution in [1.82, 2.24) is 14.7 Å². The molecule has 2 heterocycles. The van der Waals surface area contributed by atoms with Gasteiger partial charge in [-0.2, -0.15) is 4.98 Å². The summed E-state index contributed by atoms with van der Waals surface area (Å²) in [4.78, 5) is 30.0. The highest BCUT2D eigenvalue weighted by molar-refractivity contribution is 5.95. The first-order chi connectivity index (χ1) is 14.8. The zero-order valence-electron chi connectivity index (χ0n) is 17.3. The number of carbonyl (C=O) groups excluding carboxylic acids is 1. The van der Waals surface area contributed by atoms with Crippen molar-refractivity contribution in [2.45, 2.75) is 33.2 Å². The van der Waals surface area contributed by atoms with Gasteiger partial charge in [-0.3, -0.25) is 14.2 Å². The van der Waals surface area contributed by atoms with E-state index < -0.39 is 5.91 Å². The maximum absolute atomic E-state index is 13.3. The summed E-state index contributed by atoms with van der Waals surface area (Å²) in [5.41, 5.74) is 1.81. The Kier molecular flexibility index (Phi) is 5.37. The minimum absolute atomic E-state index is 0.0859. The smallest absolute Gasteiger partial charge is 0.258 e. The fourth-order valence-corrected chi connectivity index (χ4v) is 3.35. The van der Waals surface area contributed by atoms with Crippen LogP contribution in [0.1, 0.15) is 31.2 Å². The highest BCUT2D eigenvalue weighted by Gasteiger charge is 2.18. The van der Waals surface area contributed by atoms with E-state index >= 15 is 0 Å². The van der Waals surface area contributed by atoms with Crippen LogP contribution in [0.15, 0.2) is 57.8 Å². The molecule has 0 saturated carbocycles. The van der Waals surface area contributed by atoms with Crippen LogP contribution in [0.2, 0.25) is 0 Å². The Morgan fingerprint density at radius 2 is 1.97 bits per heavy atom. The topological polar surface area (TPSA) is 90.0 Å². The first-order valence-electron chi connectivity index (χ1n) is 9.86. The van der Waals surface area contributed by atoms with Crippen molar-refractivity contribution >= 4 is 22.5 Å². The zero-order chi connectivity index (χ0) is 22.1. The Bertz CT molecular complexity index is 1340. The molecule has 0 unspecified atom stereocenters. The summed E-state index contributed by atoms with van der Waals surface area (Å²) in [6.07, 6.45) is 0. The van der Waals surface area contributed by atoms with Crippen molar-refractivity contribution in [2.24, 2.45) is 0 Å². The van der Waals surface area contributed by atoms with Gasteiger partial charge in [-0.05, 0) is 36.8 Å². The molecule has 8 heteroatoms. The van der Waals surface area contributed by atoms with Gasteiger partial charge >= 0.3 is 0 Å². The van der Waals surface area contributed by atoms with Crippen LogP contribution in [0.4, 0.5) is 10.1 Å². The number of halogens is 1. The predicted octanol–water partition coefficient (Wildman–Crippen LogP) is 4.26. The molecular formula is C23H21FN4O3. The number of para-hydroxylation sites is 1. The van der Waals surface area contributed by atoms with Crippen LogP contribution in [-0.2, 0) is 11.3 Å². The lowest BCUT2D eigenvalue weighted by atomic mass is 10.1. The maximum atomic E-state index is 13.3. The van der Waals surface area contributed by atoms with Crippen molar-refractivity contribution in [1.29, 1.82) is 0 Å². The van der Waals surface area contributed by atoms with E-state index in [1.165, 1.54) is 28.8 Å². The molecule has 0 saturated heterocycles. The van der Waals surface area contributed by atoms with E-state index in [0.717, 1.165) is 0 Å². The van der Waals surface area contributed by atoms with Crippen LogP contribution in [0.3, 0.4) is 0 Å². The molecule has 1 N–H and O–H groups in total. The van der Waals surface area contributed by atoms with E-state index in [1.54, 1.807) is 19.1 Å². The second-order valence-corrected chi connectivity index (χ2v) is 7.62. The Morgan fingerprint density at radius 3 is 2.68 bits per heavy atom. The lowest BCUT2D eigenvalue weighted by Gasteiger charge is -2.13. The van der Waals surface area contributed by atoms with Gasteiger partial charge < -0.3 is 9.84 Å². The summed E-state index contributed by atoms with van der Waals surface area (Å²) in [6.45, 7) is 5.40. The van der Waals surface area contributed by atoms with Crippen LogP contribution in [0.25, 0.3) is 22.4 Å². The summed E-state index contributed by atoms with van der Waals surface area (Å²) in [5.74, 6) is 0.125. The van der Waals surface area contributed by atoms with Gasteiger partial charge in [0.25, 0.3) is 11.4 Å². The Labute approximate surface area is 177 Å². The Morgan fingerprint density at radius 1 is 1.19 bits per heavy atom. The fraction of sp³-hybridized carbons (Fsp3) is 0.217. The normalized spacial score (nSPS) is 11.3. The molecule has 7 nitrogen and oxygen atoms in total. The van der Waals surface area contributed by atoms with Crippen molar-refractivity contribution < 1.29 is 13.7 Å². The van der Waals surface area contributed by atoms with Crippen molar-refractivity contribution in [2.75, 3.05) is 5.32 Å². The van der Waals surface area contributed by atoms with Gasteiger partial charge in [0.15, 0.2) is 5.82 Å². The van der Waals surface area contributed by atoms with E-state index in [0.29, 0.717) is 33.5 Å². The molecule has 2 aromatic heterocycles. The molecule has 31 heavy (non-hydrogen) atoms. The van der Waals surface area contributed by atoms with Gasteiger partial charge in [0.1, 0.15) is 12.4 Å². The average molecular weight is 420 g/mol. The number of nitrogens with zero attached hydrogens (tertiary/aromatic N) is 3. The van der Waals surface area contributed by atoms with Crippen LogP contribution in [0, 0.1) is 12.7 Å². The van der Waals surface area contributed by atoms with Crippen molar-refractivity contribution in [3.8, 4) is 11.5 Å². The molecule has 2 aromatic carbocycles. The standard InChI is InChI=1S/C23H21FN4O3/c1-13(2)22-26-23(31-27-22)17-11-21(30)28(19-7-5-4-6-16(17)19)12-20(29)25-18-9-8-15(24)10-14(18)3/h4-11,13H,12H2,1-3H3,(H,25,29). The molecule has 0 radical (unpaired) electrons. The molecule has 4 aromatic rings. The number of fused-ring (bicyclic) bond motifs is 1. The lowest BCUT2D eigenvalue weighted by Crippen LogP contribution is -2.28. The average Bonchev–Trinajstić information content (AvgIpc) is 3.22. The molecule has 0 aliphatic carbocycles. The number of aromatic nitrogens is 3. The van der Waals surface area contributed by atoms with E-state index in [-0.39, 0.29) is 29.7 Å². The Hall–Kier alpha value is -3.81. The highest BCUT2D eigenvalue weighted by Crippen LogP contribution is 2.27. The van der Waals surface area contributed by atoms with Gasteiger partial charge in [-0.15, -0.1) is 0 Å². The van der Waals surface area contributed by atoms with Crippen LogP contribution in [-0.4, -0.2) is 20.6 Å². The SMILES string of the molecule is Cc1cc(F)ccc1NC(=O)Cn1c(=O)cc(-c2nc(C(C)C)no2)c2ccccc21. The second kappa shape index (κ2) is 8.14. The molecule has 0 bridgehead atoms. The number of anilines is 1. The third kappa shape index (κ3) is 4.09. The van der Waals surface area contributed by atoms with Crippen LogP contribution < -0.4 is 10.9 Å². The number of benzene rings is 2. The molecule has 4 rings (SSSR count). The fourth-order valence-electron chi connectivity index (χ4n) is 3.35. The minimum atomic E-state index is -0.394. The lowest BCUT2D eigenvalue weighted by molar-refractivity contribution is -0.116. The third-order valence-corrected chi connectivity index (χ3v) is 4.97. The first kappa shape index (κ1) is 20.5. The monoisotopic (exact) mass is 420 g/mol. The quantitative estimate of drug-likeness (QED) is 0.521. The van der Waals surface area contributed by atoms with Crippen LogP contribution in [0.5, 0.6) is 0 Å². The number of carbonyl (C=O) groups is 1. The summed E-state index contributed by atoms with van der Waals surface area (Å²) in [7, 11) is 0. The number of nitrogens with one attached hydrogen (secondary N) is 1. The number of rotatable bonds is 5. The van der Waals surface area contributed by atoms with Crippen LogP contribution >= 0.6 is 0 Å². The summed E-state index contributed by atoms with van der Waals surface area (Å²) < 4.78 is 20.1. The van der Waals surface area contributed by atoms with Crippen molar-refractivity contribution in [3.63, 3.8) is 0 Å². The largest absolute Gasteiger partial charge is 0.334 e. The number of pyridine rings is 1. The van der Waals surface area contributed by atoms with E-state index in [1.807, 2.05) is 26.0 Å². The maximum Gasteiger partial charge on any atom is 0.258 e. The molecule has 0 atom stereocenters. The predicted molar refractivity (Wildman–Crippen MR) is 115 cm³/mol. The summed E-state index contributed by atoms with van der Waals surface area (Å²) in [6, 6.07) is 12.7. The van der Waals surface area contributed by atoms with Crippen molar-refractivity contribution in [3.05, 3.63) is 76.1 Å². The summed E-state index contributed by atoms with van der Waals surface area (Å²) >= 11 is 0. The molecule has 1 amide bonds. The number of aryl methyl sites for hydroxylation is 1. The first-order valence-corrected chi connectivity index (χ1v) is 9.86. The molecule has 0 aliphatic heterocycles. The molecule has 0 aliphatic rings. The molecule has 0 spiro atoms. The second-order valence-electron chi connectivity index (χ2n) is 7.62.